The fourth-order valence-electron chi connectivity index (χ4n) is 2.30. The molecule has 0 atom stereocenters. The molecule has 0 aliphatic heterocycles. The molecule has 0 aliphatic carbocycles. The fraction of sp³-hybridized carbons (Fsp3) is 0.263. The summed E-state index contributed by atoms with van der Waals surface area (Å²) in [6.45, 7) is 5.19. The zero-order valence-corrected chi connectivity index (χ0v) is 16.4. The van der Waals surface area contributed by atoms with Crippen LogP contribution in [0.4, 0.5) is 11.4 Å². The van der Waals surface area contributed by atoms with Gasteiger partial charge in [0, 0.05) is 30.0 Å². The molecule has 0 heterocycles. The Balaban J connectivity index is 1.90. The Hall–Kier alpha value is -3.04. The maximum atomic E-state index is 12.3. The highest BCUT2D eigenvalue weighted by Gasteiger charge is 2.11. The molecular formula is C19H21N3O5S. The summed E-state index contributed by atoms with van der Waals surface area (Å²) in [7, 11) is 0. The van der Waals surface area contributed by atoms with Crippen LogP contribution < -0.4 is 15.4 Å². The first-order chi connectivity index (χ1) is 13.4. The van der Waals surface area contributed by atoms with Crippen LogP contribution in [0.25, 0.3) is 0 Å². The lowest BCUT2D eigenvalue weighted by Gasteiger charge is -2.12. The van der Waals surface area contributed by atoms with E-state index in [9.17, 15) is 14.9 Å². The minimum atomic E-state index is -0.471. The number of aryl methyl sites for hydroxylation is 1. The minimum absolute atomic E-state index is 0.0124. The summed E-state index contributed by atoms with van der Waals surface area (Å²) in [4.78, 5) is 22.6. The second kappa shape index (κ2) is 10.3. The van der Waals surface area contributed by atoms with Crippen molar-refractivity contribution in [3.63, 3.8) is 0 Å². The lowest BCUT2D eigenvalue weighted by atomic mass is 10.2. The van der Waals surface area contributed by atoms with Gasteiger partial charge in [0.2, 0.25) is 0 Å². The Morgan fingerprint density at radius 2 is 1.89 bits per heavy atom. The van der Waals surface area contributed by atoms with Crippen molar-refractivity contribution in [2.24, 2.45) is 0 Å². The van der Waals surface area contributed by atoms with Crippen molar-refractivity contribution < 1.29 is 19.2 Å². The van der Waals surface area contributed by atoms with Crippen LogP contribution in [-0.4, -0.2) is 35.8 Å². The molecule has 2 aromatic rings. The van der Waals surface area contributed by atoms with Gasteiger partial charge in [-0.25, -0.2) is 0 Å². The number of hydrogen-bond acceptors (Lipinski definition) is 6. The number of rotatable bonds is 8. The Kier molecular flexibility index (Phi) is 7.85. The van der Waals surface area contributed by atoms with Crippen LogP contribution in [0.3, 0.4) is 0 Å². The van der Waals surface area contributed by atoms with E-state index in [2.05, 4.69) is 10.6 Å². The number of nitrogens with one attached hydrogen (secondary N) is 2. The number of hydrogen-bond donors (Lipinski definition) is 2. The van der Waals surface area contributed by atoms with Gasteiger partial charge in [-0.15, -0.1) is 0 Å². The second-order valence-corrected chi connectivity index (χ2v) is 6.14. The molecule has 2 N–H and O–H groups in total. The van der Waals surface area contributed by atoms with Crippen molar-refractivity contribution in [1.82, 2.24) is 5.32 Å². The fourth-order valence-corrected chi connectivity index (χ4v) is 2.50. The van der Waals surface area contributed by atoms with Crippen LogP contribution >= 0.6 is 12.2 Å². The molecule has 0 radical (unpaired) electrons. The molecule has 0 unspecified atom stereocenters. The predicted octanol–water partition coefficient (Wildman–Crippen LogP) is 3.45. The van der Waals surface area contributed by atoms with Gasteiger partial charge < -0.3 is 14.8 Å². The maximum absolute atomic E-state index is 12.3. The van der Waals surface area contributed by atoms with E-state index in [1.807, 2.05) is 6.92 Å². The highest BCUT2D eigenvalue weighted by Crippen LogP contribution is 2.21. The average Bonchev–Trinajstić information content (AvgIpc) is 2.67. The molecule has 8 nitrogen and oxygen atoms in total. The number of nitro groups is 1. The lowest BCUT2D eigenvalue weighted by Crippen LogP contribution is -2.34. The summed E-state index contributed by atoms with van der Waals surface area (Å²) in [5.41, 5.74) is 1.62. The molecule has 0 fully saturated rings. The molecule has 0 spiro atoms. The third-order valence-corrected chi connectivity index (χ3v) is 3.92. The third-order valence-electron chi connectivity index (χ3n) is 3.71. The van der Waals surface area contributed by atoms with E-state index < -0.39 is 4.92 Å². The Bertz CT molecular complexity index is 855. The predicted molar refractivity (Wildman–Crippen MR) is 110 cm³/mol. The zero-order chi connectivity index (χ0) is 20.5. The summed E-state index contributed by atoms with van der Waals surface area (Å²) in [5.74, 6) is 0.261. The van der Waals surface area contributed by atoms with Crippen molar-refractivity contribution in [2.45, 2.75) is 13.8 Å². The van der Waals surface area contributed by atoms with Crippen LogP contribution in [0.2, 0.25) is 0 Å². The highest BCUT2D eigenvalue weighted by atomic mass is 32.1. The molecule has 0 saturated heterocycles. The van der Waals surface area contributed by atoms with E-state index in [-0.39, 0.29) is 16.7 Å². The first kappa shape index (κ1) is 21.3. The average molecular weight is 403 g/mol. The van der Waals surface area contributed by atoms with Gasteiger partial charge in [0.1, 0.15) is 12.4 Å². The molecule has 0 aliphatic rings. The minimum Gasteiger partial charge on any atom is -0.491 e. The first-order valence-electron chi connectivity index (χ1n) is 8.58. The highest BCUT2D eigenvalue weighted by molar-refractivity contribution is 7.80. The summed E-state index contributed by atoms with van der Waals surface area (Å²) in [6, 6.07) is 11.0. The van der Waals surface area contributed by atoms with Gasteiger partial charge in [-0.3, -0.25) is 20.2 Å². The quantitative estimate of drug-likeness (QED) is 0.301. The Labute approximate surface area is 168 Å². The number of carbonyl (C=O) groups is 1. The van der Waals surface area contributed by atoms with Gasteiger partial charge in [0.05, 0.1) is 11.5 Å². The van der Waals surface area contributed by atoms with Crippen molar-refractivity contribution >= 4 is 34.6 Å². The molecule has 1 amide bonds. The van der Waals surface area contributed by atoms with E-state index in [4.69, 9.17) is 21.7 Å². The number of ether oxygens (including phenoxy) is 2. The molecular weight excluding hydrogens is 382 g/mol. The Morgan fingerprint density at radius 3 is 2.50 bits per heavy atom. The van der Waals surface area contributed by atoms with Gasteiger partial charge in [0.25, 0.3) is 11.6 Å². The van der Waals surface area contributed by atoms with Crippen molar-refractivity contribution in [3.8, 4) is 5.75 Å². The summed E-state index contributed by atoms with van der Waals surface area (Å²) < 4.78 is 10.7. The second-order valence-electron chi connectivity index (χ2n) is 5.73. The number of anilines is 1. The number of nitrogens with zero attached hydrogens (tertiary/aromatic N) is 1. The van der Waals surface area contributed by atoms with Crippen LogP contribution in [0.1, 0.15) is 22.8 Å². The molecule has 2 rings (SSSR count). The van der Waals surface area contributed by atoms with Crippen LogP contribution in [0.15, 0.2) is 42.5 Å². The summed E-state index contributed by atoms with van der Waals surface area (Å²) >= 11 is 5.15. The lowest BCUT2D eigenvalue weighted by molar-refractivity contribution is -0.384. The van der Waals surface area contributed by atoms with Gasteiger partial charge in [-0.2, -0.15) is 0 Å². The normalized spacial score (nSPS) is 10.2. The van der Waals surface area contributed by atoms with Crippen molar-refractivity contribution in [3.05, 3.63) is 63.7 Å². The molecule has 0 bridgehead atoms. The molecule has 0 aromatic heterocycles. The van der Waals surface area contributed by atoms with Gasteiger partial charge in [-0.05, 0) is 62.0 Å². The number of benzene rings is 2. The first-order valence-corrected chi connectivity index (χ1v) is 8.99. The summed E-state index contributed by atoms with van der Waals surface area (Å²) in [5, 5.41) is 16.3. The maximum Gasteiger partial charge on any atom is 0.269 e. The number of non-ortho nitro benzene ring substituents is 1. The molecule has 28 heavy (non-hydrogen) atoms. The number of nitro benzene ring substituents is 1. The van der Waals surface area contributed by atoms with Crippen LogP contribution in [0.5, 0.6) is 5.75 Å². The van der Waals surface area contributed by atoms with Crippen molar-refractivity contribution in [1.29, 1.82) is 0 Å². The molecule has 148 valence electrons. The van der Waals surface area contributed by atoms with E-state index in [0.29, 0.717) is 42.4 Å². The topological polar surface area (TPSA) is 103 Å². The van der Waals surface area contributed by atoms with E-state index in [1.165, 1.54) is 12.1 Å². The van der Waals surface area contributed by atoms with Gasteiger partial charge in [-0.1, -0.05) is 0 Å². The van der Waals surface area contributed by atoms with Crippen LogP contribution in [-0.2, 0) is 4.74 Å². The number of thiocarbonyl (C=S) groups is 1. The van der Waals surface area contributed by atoms with E-state index in [1.54, 1.807) is 37.3 Å². The van der Waals surface area contributed by atoms with Gasteiger partial charge in [0.15, 0.2) is 5.11 Å². The summed E-state index contributed by atoms with van der Waals surface area (Å²) in [6.07, 6.45) is 0. The SMILES string of the molecule is CCOCCOc1ccc(C(=O)NC(=S)Nc2ccc([N+](=O)[O-])cc2C)cc1. The van der Waals surface area contributed by atoms with E-state index >= 15 is 0 Å². The van der Waals surface area contributed by atoms with E-state index in [0.717, 1.165) is 0 Å². The van der Waals surface area contributed by atoms with Gasteiger partial charge >= 0.3 is 0 Å². The zero-order valence-electron chi connectivity index (χ0n) is 15.6. The number of amides is 1. The van der Waals surface area contributed by atoms with Crippen LogP contribution in [0, 0.1) is 17.0 Å². The molecule has 0 saturated carbocycles. The third kappa shape index (κ3) is 6.29. The molecule has 9 heteroatoms. The van der Waals surface area contributed by atoms with Crippen molar-refractivity contribution in [2.75, 3.05) is 25.1 Å². The Morgan fingerprint density at radius 1 is 1.18 bits per heavy atom. The smallest absolute Gasteiger partial charge is 0.269 e. The standard InChI is InChI=1S/C19H21N3O5S/c1-3-26-10-11-27-16-7-4-14(5-8-16)18(23)21-19(28)20-17-9-6-15(22(24)25)12-13(17)2/h4-9,12H,3,10-11H2,1-2H3,(H2,20,21,23,28). The monoisotopic (exact) mass is 403 g/mol. The number of carbonyl (C=O) groups excluding carboxylic acids is 1. The molecule has 2 aromatic carbocycles. The largest absolute Gasteiger partial charge is 0.491 e.